The molecule has 4 heteroatoms. The Labute approximate surface area is 257 Å². The molecule has 1 unspecified atom stereocenters. The van der Waals surface area contributed by atoms with E-state index in [0.717, 1.165) is 24.7 Å². The van der Waals surface area contributed by atoms with Crippen molar-refractivity contribution in [3.05, 3.63) is 12.2 Å². The van der Waals surface area contributed by atoms with Gasteiger partial charge in [-0.1, -0.05) is 66.0 Å². The Morgan fingerprint density at radius 1 is 0.762 bits per heavy atom. The van der Waals surface area contributed by atoms with Crippen molar-refractivity contribution in [1.82, 2.24) is 0 Å². The summed E-state index contributed by atoms with van der Waals surface area (Å²) in [6.07, 6.45) is 19.0. The molecule has 7 rings (SSSR count). The van der Waals surface area contributed by atoms with Gasteiger partial charge in [0.05, 0.1) is 12.7 Å². The van der Waals surface area contributed by atoms with E-state index in [1.54, 1.807) is 0 Å². The van der Waals surface area contributed by atoms with Crippen LogP contribution in [0, 0.1) is 56.7 Å². The minimum absolute atomic E-state index is 0.0485. The van der Waals surface area contributed by atoms with Crippen molar-refractivity contribution in [2.24, 2.45) is 56.7 Å². The van der Waals surface area contributed by atoms with Crippen molar-refractivity contribution in [3.8, 4) is 0 Å². The third-order valence-electron chi connectivity index (χ3n) is 16.4. The Balaban J connectivity index is 1.20. The molecule has 7 aliphatic rings. The molecule has 11 atom stereocenters. The Bertz CT molecular complexity index is 1050. The number of methoxy groups -OCH3 is 1. The zero-order valence-electron chi connectivity index (χ0n) is 28.2. The Kier molecular flexibility index (Phi) is 7.23. The highest BCUT2D eigenvalue weighted by atomic mass is 17.2. The minimum Gasteiger partial charge on any atom is -0.381 e. The quantitative estimate of drug-likeness (QED) is 0.245. The number of fused-ring (bicyclic) bond motifs is 7. The first-order valence-electron chi connectivity index (χ1n) is 18.0. The topological polar surface area (TPSA) is 36.9 Å². The largest absolute Gasteiger partial charge is 0.381 e. The van der Waals surface area contributed by atoms with Gasteiger partial charge in [-0.2, -0.15) is 0 Å². The van der Waals surface area contributed by atoms with Crippen molar-refractivity contribution in [1.29, 1.82) is 0 Å². The monoisotopic (exact) mass is 582 g/mol. The van der Waals surface area contributed by atoms with Gasteiger partial charge < -0.3 is 9.47 Å². The molecule has 1 heterocycles. The lowest BCUT2D eigenvalue weighted by Crippen LogP contribution is -2.67. The fourth-order valence-corrected chi connectivity index (χ4v) is 14.1. The summed E-state index contributed by atoms with van der Waals surface area (Å²) in [6, 6.07) is 0. The maximum Gasteiger partial charge on any atom is 0.197 e. The van der Waals surface area contributed by atoms with E-state index < -0.39 is 0 Å². The van der Waals surface area contributed by atoms with Gasteiger partial charge >= 0.3 is 0 Å². The molecule has 0 aromatic heterocycles. The lowest BCUT2D eigenvalue weighted by Gasteiger charge is -2.73. The van der Waals surface area contributed by atoms with E-state index in [0.29, 0.717) is 46.7 Å². The zero-order valence-corrected chi connectivity index (χ0v) is 28.2. The molecule has 6 aliphatic carbocycles. The highest BCUT2D eigenvalue weighted by molar-refractivity contribution is 5.22. The number of hydrogen-bond acceptors (Lipinski definition) is 4. The van der Waals surface area contributed by atoms with Crippen LogP contribution in [0.5, 0.6) is 0 Å². The normalized spacial score (nSPS) is 53.0. The summed E-state index contributed by atoms with van der Waals surface area (Å²) in [5.41, 5.74) is 2.56. The van der Waals surface area contributed by atoms with E-state index >= 15 is 0 Å². The van der Waals surface area contributed by atoms with Gasteiger partial charge in [0, 0.05) is 12.5 Å². The first kappa shape index (κ1) is 30.2. The highest BCUT2D eigenvalue weighted by Crippen LogP contribution is 2.78. The molecular formula is C38H62O4. The lowest BCUT2D eigenvalue weighted by molar-refractivity contribution is -0.498. The second-order valence-corrected chi connectivity index (χ2v) is 18.1. The third kappa shape index (κ3) is 3.92. The fourth-order valence-electron chi connectivity index (χ4n) is 14.1. The van der Waals surface area contributed by atoms with Crippen LogP contribution in [0.3, 0.4) is 0 Å². The second-order valence-electron chi connectivity index (χ2n) is 18.1. The number of rotatable bonds is 3. The van der Waals surface area contributed by atoms with Crippen LogP contribution in [0.1, 0.15) is 138 Å². The van der Waals surface area contributed by atoms with Crippen LogP contribution < -0.4 is 0 Å². The lowest BCUT2D eigenvalue weighted by atomic mass is 9.32. The summed E-state index contributed by atoms with van der Waals surface area (Å²) in [5.74, 6) is 3.36. The van der Waals surface area contributed by atoms with Gasteiger partial charge in [-0.3, -0.25) is 0 Å². The van der Waals surface area contributed by atoms with Gasteiger partial charge in [0.25, 0.3) is 0 Å². The third-order valence-corrected chi connectivity index (χ3v) is 16.4. The number of allylic oxidation sites excluding steroid dienone is 1. The molecule has 0 N–H and O–H groups in total. The molecule has 0 radical (unpaired) electrons. The molecule has 0 aromatic carbocycles. The average Bonchev–Trinajstić information content (AvgIpc) is 3.35. The molecule has 0 aromatic rings. The van der Waals surface area contributed by atoms with E-state index in [9.17, 15) is 0 Å². The molecule has 7 fully saturated rings. The number of ether oxygens (including phenoxy) is 2. The van der Waals surface area contributed by atoms with E-state index in [1.165, 1.54) is 89.0 Å². The second kappa shape index (κ2) is 10.0. The smallest absolute Gasteiger partial charge is 0.197 e. The van der Waals surface area contributed by atoms with E-state index in [4.69, 9.17) is 19.2 Å². The highest BCUT2D eigenvalue weighted by Gasteiger charge is 2.72. The van der Waals surface area contributed by atoms with E-state index in [1.807, 2.05) is 7.11 Å². The summed E-state index contributed by atoms with van der Waals surface area (Å²) in [6.45, 7) is 20.9. The predicted octanol–water partition coefficient (Wildman–Crippen LogP) is 9.67. The fraction of sp³-hybridized carbons (Fsp3) is 0.947. The summed E-state index contributed by atoms with van der Waals surface area (Å²) in [4.78, 5) is 12.8. The summed E-state index contributed by atoms with van der Waals surface area (Å²) in [5, 5.41) is 0. The minimum atomic E-state index is -0.229. The zero-order chi connectivity index (χ0) is 29.8. The first-order valence-corrected chi connectivity index (χ1v) is 18.0. The van der Waals surface area contributed by atoms with E-state index in [2.05, 4.69) is 48.1 Å². The maximum absolute atomic E-state index is 6.83. The Morgan fingerprint density at radius 3 is 2.19 bits per heavy atom. The van der Waals surface area contributed by atoms with Crippen molar-refractivity contribution in [2.75, 3.05) is 13.7 Å². The van der Waals surface area contributed by atoms with Gasteiger partial charge in [-0.25, -0.2) is 9.78 Å². The molecule has 1 saturated heterocycles. The average molecular weight is 583 g/mol. The van der Waals surface area contributed by atoms with Crippen LogP contribution >= 0.6 is 0 Å². The van der Waals surface area contributed by atoms with Gasteiger partial charge in [-0.15, -0.1) is 0 Å². The summed E-state index contributed by atoms with van der Waals surface area (Å²) in [7, 11) is 1.95. The van der Waals surface area contributed by atoms with Gasteiger partial charge in [0.2, 0.25) is 0 Å². The molecule has 0 bridgehead atoms. The summed E-state index contributed by atoms with van der Waals surface area (Å²) >= 11 is 0. The molecule has 42 heavy (non-hydrogen) atoms. The molecule has 4 nitrogen and oxygen atoms in total. The first-order chi connectivity index (χ1) is 19.9. The van der Waals surface area contributed by atoms with Crippen LogP contribution in [0.25, 0.3) is 0 Å². The van der Waals surface area contributed by atoms with Gasteiger partial charge in [0.15, 0.2) is 6.29 Å². The molecule has 1 aliphatic heterocycles. The molecule has 238 valence electrons. The maximum atomic E-state index is 6.83. The van der Waals surface area contributed by atoms with Gasteiger partial charge in [-0.05, 0) is 135 Å². The standard InChI is InChI=1S/C38H62O4/c1-25(2)26-14-21-38(32-40-24-37(42-41-32)17-10-9-11-18-37)23-22-35(6)27(31(26)38)12-13-29-34(5)19-16-30(39-8)33(3,4)28(34)15-20-36(29,35)7/h26-32H,1,9-24H2,2-8H3/t26-,27+,28-,29+,30-,31+,32?,34-,35+,36+,38-/m0/s1. The van der Waals surface area contributed by atoms with Crippen molar-refractivity contribution < 1.29 is 19.2 Å². The Hall–Kier alpha value is -0.420. The molecule has 6 saturated carbocycles. The van der Waals surface area contributed by atoms with Crippen molar-refractivity contribution in [2.45, 2.75) is 156 Å². The van der Waals surface area contributed by atoms with Gasteiger partial charge in [0.1, 0.15) is 5.60 Å². The van der Waals surface area contributed by atoms with Crippen LogP contribution in [0.15, 0.2) is 12.2 Å². The van der Waals surface area contributed by atoms with Crippen molar-refractivity contribution >= 4 is 0 Å². The molecule has 0 amide bonds. The number of hydrogen-bond donors (Lipinski definition) is 0. The van der Waals surface area contributed by atoms with Crippen LogP contribution in [-0.2, 0) is 19.2 Å². The molecular weight excluding hydrogens is 520 g/mol. The van der Waals surface area contributed by atoms with Crippen LogP contribution in [0.2, 0.25) is 0 Å². The predicted molar refractivity (Wildman–Crippen MR) is 167 cm³/mol. The van der Waals surface area contributed by atoms with Crippen molar-refractivity contribution in [3.63, 3.8) is 0 Å². The van der Waals surface area contributed by atoms with Crippen LogP contribution in [-0.4, -0.2) is 31.7 Å². The molecule has 1 spiro atoms. The van der Waals surface area contributed by atoms with E-state index in [-0.39, 0.29) is 22.7 Å². The van der Waals surface area contributed by atoms with Crippen LogP contribution in [0.4, 0.5) is 0 Å². The Morgan fingerprint density at radius 2 is 1.52 bits per heavy atom. The SMILES string of the molecule is C=C(C)[C@@H]1CC[C@]2(C3OCC4(CCCCC4)OO3)CC[C@]3(C)[C@H](CC[C@@H]4[C@@]5(C)CC[C@H](OC)C(C)(C)[C@@H]5CC[C@]43C)[C@@H]12. The summed E-state index contributed by atoms with van der Waals surface area (Å²) < 4.78 is 12.9.